The summed E-state index contributed by atoms with van der Waals surface area (Å²) >= 11 is 0. The Morgan fingerprint density at radius 1 is 1.47 bits per heavy atom. The summed E-state index contributed by atoms with van der Waals surface area (Å²) in [4.78, 5) is 2.55. The second kappa shape index (κ2) is 6.36. The molecule has 0 saturated carbocycles. The van der Waals surface area contributed by atoms with E-state index in [9.17, 15) is 8.78 Å². The highest BCUT2D eigenvalue weighted by molar-refractivity contribution is 5.47. The van der Waals surface area contributed by atoms with Crippen LogP contribution in [-0.4, -0.2) is 13.7 Å². The maximum Gasteiger partial charge on any atom is 0.170 e. The Bertz CT molecular complexity index is 513. The van der Waals surface area contributed by atoms with Gasteiger partial charge in [0.05, 0.1) is 12.7 Å². The fraction of sp³-hybridized carbons (Fsp3) is 0.273. The number of hydrogen-bond acceptors (Lipinski definition) is 2. The molecule has 4 nitrogen and oxygen atoms in total. The van der Waals surface area contributed by atoms with Crippen molar-refractivity contribution in [2.24, 2.45) is 5.11 Å². The molecule has 0 saturated heterocycles. The lowest BCUT2D eigenvalue weighted by molar-refractivity contribution is 0.383. The third-order valence-electron chi connectivity index (χ3n) is 1.84. The van der Waals surface area contributed by atoms with Crippen LogP contribution in [0.15, 0.2) is 17.2 Å². The fourth-order valence-electron chi connectivity index (χ4n) is 1.17. The molecule has 0 radical (unpaired) electrons. The molecule has 1 aromatic carbocycles. The predicted octanol–water partition coefficient (Wildman–Crippen LogP) is 3.03. The number of ether oxygens (including phenoxy) is 1. The molecule has 0 N–H and O–H groups in total. The van der Waals surface area contributed by atoms with Gasteiger partial charge in [0.25, 0.3) is 0 Å². The van der Waals surface area contributed by atoms with Gasteiger partial charge in [0.1, 0.15) is 5.82 Å². The Hall–Kier alpha value is -2.25. The zero-order valence-corrected chi connectivity index (χ0v) is 9.07. The van der Waals surface area contributed by atoms with Gasteiger partial charge in [-0.15, -0.1) is 0 Å². The number of nitrogens with zero attached hydrogens (tertiary/aromatic N) is 3. The van der Waals surface area contributed by atoms with Gasteiger partial charge in [-0.05, 0) is 11.6 Å². The van der Waals surface area contributed by atoms with Crippen molar-refractivity contribution in [3.8, 4) is 17.6 Å². The SMILES string of the molecule is COc1c(F)cc(F)cc1C#CCCN=[N+]=[N-]. The van der Waals surface area contributed by atoms with Gasteiger partial charge in [0, 0.05) is 23.9 Å². The summed E-state index contributed by atoms with van der Waals surface area (Å²) < 4.78 is 31.0. The van der Waals surface area contributed by atoms with E-state index in [1.54, 1.807) is 0 Å². The van der Waals surface area contributed by atoms with Crippen molar-refractivity contribution in [3.05, 3.63) is 39.8 Å². The van der Waals surface area contributed by atoms with Crippen molar-refractivity contribution in [2.75, 3.05) is 13.7 Å². The first-order chi connectivity index (χ1) is 8.19. The van der Waals surface area contributed by atoms with Gasteiger partial charge in [-0.25, -0.2) is 8.78 Å². The van der Waals surface area contributed by atoms with Gasteiger partial charge in [-0.1, -0.05) is 17.0 Å². The molecule has 17 heavy (non-hydrogen) atoms. The molecule has 0 aliphatic rings. The molecule has 1 rings (SSSR count). The molecule has 0 fully saturated rings. The number of azide groups is 1. The van der Waals surface area contributed by atoms with Crippen molar-refractivity contribution in [3.63, 3.8) is 0 Å². The molecule has 0 aliphatic heterocycles. The second-order valence-electron chi connectivity index (χ2n) is 2.97. The Kier molecular flexibility index (Phi) is 4.79. The maximum absolute atomic E-state index is 13.2. The maximum atomic E-state index is 13.2. The van der Waals surface area contributed by atoms with Gasteiger partial charge >= 0.3 is 0 Å². The summed E-state index contributed by atoms with van der Waals surface area (Å²) in [5.41, 5.74) is 8.16. The van der Waals surface area contributed by atoms with Gasteiger partial charge < -0.3 is 4.74 Å². The predicted molar refractivity (Wildman–Crippen MR) is 58.4 cm³/mol. The Balaban J connectivity index is 2.92. The molecule has 0 amide bonds. The van der Waals surface area contributed by atoms with Crippen molar-refractivity contribution < 1.29 is 13.5 Å². The molecule has 0 aliphatic carbocycles. The highest BCUT2D eigenvalue weighted by Crippen LogP contribution is 2.22. The zero-order chi connectivity index (χ0) is 12.7. The van der Waals surface area contributed by atoms with Crippen LogP contribution in [0, 0.1) is 23.5 Å². The smallest absolute Gasteiger partial charge is 0.170 e. The molecule has 0 heterocycles. The standard InChI is InChI=1S/C11H9F2N3O/c1-17-11-8(4-2-3-5-15-16-14)6-9(12)7-10(11)13/h6-7H,3,5H2,1H3. The summed E-state index contributed by atoms with van der Waals surface area (Å²) in [5.74, 6) is 3.59. The van der Waals surface area contributed by atoms with E-state index in [4.69, 9.17) is 10.3 Å². The molecule has 6 heteroatoms. The van der Waals surface area contributed by atoms with Crippen LogP contribution in [0.1, 0.15) is 12.0 Å². The first-order valence-electron chi connectivity index (χ1n) is 4.71. The third kappa shape index (κ3) is 3.67. The number of methoxy groups -OCH3 is 1. The average Bonchev–Trinajstić information content (AvgIpc) is 2.28. The van der Waals surface area contributed by atoms with Crippen LogP contribution < -0.4 is 4.74 Å². The zero-order valence-electron chi connectivity index (χ0n) is 9.07. The lowest BCUT2D eigenvalue weighted by atomic mass is 10.2. The molecule has 1 aromatic rings. The van der Waals surface area contributed by atoms with E-state index in [2.05, 4.69) is 21.9 Å². The summed E-state index contributed by atoms with van der Waals surface area (Å²) in [6.45, 7) is 0.212. The first kappa shape index (κ1) is 12.8. The van der Waals surface area contributed by atoms with Gasteiger partial charge in [0.15, 0.2) is 11.6 Å². The van der Waals surface area contributed by atoms with E-state index in [0.717, 1.165) is 12.1 Å². The van der Waals surface area contributed by atoms with Crippen LogP contribution in [0.25, 0.3) is 10.4 Å². The van der Waals surface area contributed by atoms with E-state index in [0.29, 0.717) is 6.42 Å². The minimum absolute atomic E-state index is 0.0947. The lowest BCUT2D eigenvalue weighted by Crippen LogP contribution is -1.94. The Labute approximate surface area is 96.8 Å². The van der Waals surface area contributed by atoms with Gasteiger partial charge in [-0.3, -0.25) is 0 Å². The van der Waals surface area contributed by atoms with Gasteiger partial charge in [0.2, 0.25) is 0 Å². The van der Waals surface area contributed by atoms with E-state index in [1.165, 1.54) is 7.11 Å². The topological polar surface area (TPSA) is 58.0 Å². The summed E-state index contributed by atoms with van der Waals surface area (Å²) in [5, 5.41) is 3.28. The molecule has 0 bridgehead atoms. The monoisotopic (exact) mass is 237 g/mol. The van der Waals surface area contributed by atoms with E-state index < -0.39 is 11.6 Å². The lowest BCUT2D eigenvalue weighted by Gasteiger charge is -2.04. The average molecular weight is 237 g/mol. The first-order valence-corrected chi connectivity index (χ1v) is 4.71. The number of hydrogen-bond donors (Lipinski definition) is 0. The second-order valence-corrected chi connectivity index (χ2v) is 2.97. The minimum atomic E-state index is -0.799. The van der Waals surface area contributed by atoms with Crippen molar-refractivity contribution in [1.82, 2.24) is 0 Å². The van der Waals surface area contributed by atoms with Gasteiger partial charge in [-0.2, -0.15) is 0 Å². The molecule has 0 unspecified atom stereocenters. The molecule has 0 spiro atoms. The summed E-state index contributed by atoms with van der Waals surface area (Å²) in [7, 11) is 1.28. The quantitative estimate of drug-likeness (QED) is 0.262. The largest absolute Gasteiger partial charge is 0.492 e. The summed E-state index contributed by atoms with van der Waals surface area (Å²) in [6, 6.07) is 1.81. The van der Waals surface area contributed by atoms with Crippen LogP contribution in [0.4, 0.5) is 8.78 Å². The van der Waals surface area contributed by atoms with E-state index in [-0.39, 0.29) is 17.9 Å². The van der Waals surface area contributed by atoms with Crippen molar-refractivity contribution in [1.29, 1.82) is 0 Å². The van der Waals surface area contributed by atoms with E-state index >= 15 is 0 Å². The summed E-state index contributed by atoms with van der Waals surface area (Å²) in [6.07, 6.45) is 0.311. The third-order valence-corrected chi connectivity index (χ3v) is 1.84. The fourth-order valence-corrected chi connectivity index (χ4v) is 1.17. The highest BCUT2D eigenvalue weighted by atomic mass is 19.1. The minimum Gasteiger partial charge on any atom is -0.492 e. The van der Waals surface area contributed by atoms with E-state index in [1.807, 2.05) is 0 Å². The Morgan fingerprint density at radius 2 is 2.24 bits per heavy atom. The van der Waals surface area contributed by atoms with Crippen LogP contribution in [0.5, 0.6) is 5.75 Å². The molecule has 0 aromatic heterocycles. The van der Waals surface area contributed by atoms with Crippen LogP contribution in [0.2, 0.25) is 0 Å². The number of halogens is 2. The molecule has 88 valence electrons. The Morgan fingerprint density at radius 3 is 2.88 bits per heavy atom. The molecular weight excluding hydrogens is 228 g/mol. The molecule has 0 atom stereocenters. The van der Waals surface area contributed by atoms with Crippen LogP contribution in [-0.2, 0) is 0 Å². The number of benzene rings is 1. The van der Waals surface area contributed by atoms with Crippen LogP contribution in [0.3, 0.4) is 0 Å². The number of rotatable bonds is 3. The normalized spacial score (nSPS) is 8.88. The van der Waals surface area contributed by atoms with Crippen molar-refractivity contribution >= 4 is 0 Å². The van der Waals surface area contributed by atoms with Crippen molar-refractivity contribution in [2.45, 2.75) is 6.42 Å². The van der Waals surface area contributed by atoms with Crippen LogP contribution >= 0.6 is 0 Å². The molecular formula is C11H9F2N3O. The highest BCUT2D eigenvalue weighted by Gasteiger charge is 2.09.